The van der Waals surface area contributed by atoms with E-state index in [1.807, 2.05) is 0 Å². The van der Waals surface area contributed by atoms with Gasteiger partial charge in [0.1, 0.15) is 5.52 Å². The molecular formula is C14H12FN4O3S-. The molecule has 1 heterocycles. The number of hydrogen-bond donors (Lipinski definition) is 1. The summed E-state index contributed by atoms with van der Waals surface area (Å²) in [5.74, 6) is -0.390. The SMILES string of the molecule is COc1cc2nnn(-c3ccc(CNS(=O)[O-])cc3)c2cc1F. The van der Waals surface area contributed by atoms with Gasteiger partial charge in [-0.3, -0.25) is 4.21 Å². The van der Waals surface area contributed by atoms with Gasteiger partial charge in [-0.25, -0.2) is 13.8 Å². The smallest absolute Gasteiger partial charge is 0.167 e. The zero-order valence-electron chi connectivity index (χ0n) is 12.0. The van der Waals surface area contributed by atoms with Crippen molar-refractivity contribution in [1.82, 2.24) is 19.7 Å². The Hall–Kier alpha value is -2.36. The monoisotopic (exact) mass is 335 g/mol. The van der Waals surface area contributed by atoms with Crippen LogP contribution in [0.1, 0.15) is 5.56 Å². The summed E-state index contributed by atoms with van der Waals surface area (Å²) >= 11 is -2.31. The van der Waals surface area contributed by atoms with Crippen molar-refractivity contribution in [2.24, 2.45) is 0 Å². The second-order valence-electron chi connectivity index (χ2n) is 4.70. The van der Waals surface area contributed by atoms with Crippen LogP contribution < -0.4 is 9.46 Å². The van der Waals surface area contributed by atoms with Crippen LogP contribution in [0.15, 0.2) is 36.4 Å². The Morgan fingerprint density at radius 1 is 1.35 bits per heavy atom. The number of methoxy groups -OCH3 is 1. The van der Waals surface area contributed by atoms with E-state index in [0.29, 0.717) is 16.7 Å². The average molecular weight is 335 g/mol. The summed E-state index contributed by atoms with van der Waals surface area (Å²) in [4.78, 5) is 0. The van der Waals surface area contributed by atoms with Gasteiger partial charge >= 0.3 is 0 Å². The molecule has 23 heavy (non-hydrogen) atoms. The summed E-state index contributed by atoms with van der Waals surface area (Å²) in [6.45, 7) is 0.195. The van der Waals surface area contributed by atoms with Crippen molar-refractivity contribution >= 4 is 22.3 Å². The van der Waals surface area contributed by atoms with Gasteiger partial charge in [-0.1, -0.05) is 17.3 Å². The zero-order valence-corrected chi connectivity index (χ0v) is 12.8. The maximum absolute atomic E-state index is 13.9. The minimum Gasteiger partial charge on any atom is -0.760 e. The van der Waals surface area contributed by atoms with Gasteiger partial charge in [0, 0.05) is 29.9 Å². The molecule has 0 aliphatic heterocycles. The normalized spacial score (nSPS) is 12.5. The first kappa shape index (κ1) is 15.5. The van der Waals surface area contributed by atoms with Gasteiger partial charge in [0.15, 0.2) is 11.6 Å². The van der Waals surface area contributed by atoms with E-state index in [4.69, 9.17) is 4.74 Å². The Bertz CT molecular complexity index is 866. The molecule has 7 nitrogen and oxygen atoms in total. The van der Waals surface area contributed by atoms with Gasteiger partial charge in [0.25, 0.3) is 0 Å². The minimum absolute atomic E-state index is 0.108. The highest BCUT2D eigenvalue weighted by Crippen LogP contribution is 2.24. The molecule has 9 heteroatoms. The Morgan fingerprint density at radius 3 is 2.74 bits per heavy atom. The molecule has 0 radical (unpaired) electrons. The molecule has 1 N–H and O–H groups in total. The van der Waals surface area contributed by atoms with E-state index in [-0.39, 0.29) is 12.3 Å². The van der Waals surface area contributed by atoms with Crippen LogP contribution in [0.2, 0.25) is 0 Å². The van der Waals surface area contributed by atoms with Crippen LogP contribution in [-0.4, -0.2) is 30.9 Å². The molecule has 2 aromatic carbocycles. The van der Waals surface area contributed by atoms with E-state index in [1.165, 1.54) is 23.9 Å². The number of ether oxygens (including phenoxy) is 1. The Labute approximate surface area is 133 Å². The first-order valence-electron chi connectivity index (χ1n) is 6.59. The Morgan fingerprint density at radius 2 is 2.09 bits per heavy atom. The quantitative estimate of drug-likeness (QED) is 0.713. The predicted molar refractivity (Wildman–Crippen MR) is 81.1 cm³/mol. The van der Waals surface area contributed by atoms with E-state index in [1.54, 1.807) is 24.3 Å². The molecule has 0 saturated heterocycles. The lowest BCUT2D eigenvalue weighted by molar-refractivity contribution is 0.387. The van der Waals surface area contributed by atoms with Crippen molar-refractivity contribution in [3.63, 3.8) is 0 Å². The summed E-state index contributed by atoms with van der Waals surface area (Å²) in [5, 5.41) is 8.02. The lowest BCUT2D eigenvalue weighted by Gasteiger charge is -2.08. The van der Waals surface area contributed by atoms with Gasteiger partial charge in [-0.15, -0.1) is 5.10 Å². The molecule has 0 aliphatic carbocycles. The highest BCUT2D eigenvalue weighted by atomic mass is 32.2. The van der Waals surface area contributed by atoms with Crippen molar-refractivity contribution < 1.29 is 17.9 Å². The molecule has 0 amide bonds. The topological polar surface area (TPSA) is 92.1 Å². The van der Waals surface area contributed by atoms with Gasteiger partial charge in [0.05, 0.1) is 18.3 Å². The number of rotatable bonds is 5. The fraction of sp³-hybridized carbons (Fsp3) is 0.143. The van der Waals surface area contributed by atoms with Gasteiger partial charge in [-0.05, 0) is 17.7 Å². The fourth-order valence-electron chi connectivity index (χ4n) is 2.17. The molecule has 1 aromatic heterocycles. The Balaban J connectivity index is 1.94. The zero-order chi connectivity index (χ0) is 16.4. The van der Waals surface area contributed by atoms with E-state index in [0.717, 1.165) is 5.56 Å². The highest BCUT2D eigenvalue weighted by Gasteiger charge is 2.12. The maximum Gasteiger partial charge on any atom is 0.167 e. The summed E-state index contributed by atoms with van der Waals surface area (Å²) in [7, 11) is 1.39. The van der Waals surface area contributed by atoms with E-state index < -0.39 is 17.1 Å². The Kier molecular flexibility index (Phi) is 4.33. The van der Waals surface area contributed by atoms with Crippen molar-refractivity contribution in [1.29, 1.82) is 0 Å². The largest absolute Gasteiger partial charge is 0.760 e. The molecular weight excluding hydrogens is 323 g/mol. The van der Waals surface area contributed by atoms with Gasteiger partial charge in [0.2, 0.25) is 0 Å². The number of hydrogen-bond acceptors (Lipinski definition) is 5. The second-order valence-corrected chi connectivity index (χ2v) is 5.46. The van der Waals surface area contributed by atoms with Gasteiger partial charge < -0.3 is 9.29 Å². The number of benzene rings is 2. The third kappa shape index (κ3) is 3.21. The van der Waals surface area contributed by atoms with Crippen LogP contribution in [0.25, 0.3) is 16.7 Å². The number of nitrogens with one attached hydrogen (secondary N) is 1. The van der Waals surface area contributed by atoms with Crippen molar-refractivity contribution in [2.75, 3.05) is 7.11 Å². The molecule has 0 spiro atoms. The predicted octanol–water partition coefficient (Wildman–Crippen LogP) is 1.45. The van der Waals surface area contributed by atoms with Crippen molar-refractivity contribution in [2.45, 2.75) is 6.54 Å². The minimum atomic E-state index is -2.31. The summed E-state index contributed by atoms with van der Waals surface area (Å²) in [5.41, 5.74) is 2.49. The van der Waals surface area contributed by atoms with E-state index in [9.17, 15) is 13.2 Å². The second kappa shape index (κ2) is 6.41. The number of aromatic nitrogens is 3. The van der Waals surface area contributed by atoms with Crippen LogP contribution in [0.5, 0.6) is 5.75 Å². The van der Waals surface area contributed by atoms with Crippen LogP contribution in [-0.2, 0) is 17.8 Å². The number of halogens is 1. The molecule has 0 aliphatic rings. The van der Waals surface area contributed by atoms with Crippen LogP contribution >= 0.6 is 0 Å². The maximum atomic E-state index is 13.9. The molecule has 1 unspecified atom stereocenters. The number of nitrogens with zero attached hydrogens (tertiary/aromatic N) is 3. The highest BCUT2D eigenvalue weighted by molar-refractivity contribution is 7.77. The molecule has 3 aromatic rings. The van der Waals surface area contributed by atoms with E-state index in [2.05, 4.69) is 15.0 Å². The van der Waals surface area contributed by atoms with Crippen molar-refractivity contribution in [3.8, 4) is 11.4 Å². The lowest BCUT2D eigenvalue weighted by Crippen LogP contribution is -2.15. The first-order chi connectivity index (χ1) is 11.1. The van der Waals surface area contributed by atoms with E-state index >= 15 is 0 Å². The summed E-state index contributed by atoms with van der Waals surface area (Å²) in [6, 6.07) is 9.80. The van der Waals surface area contributed by atoms with Crippen LogP contribution in [0.3, 0.4) is 0 Å². The molecule has 3 rings (SSSR count). The third-order valence-corrected chi connectivity index (χ3v) is 3.67. The number of fused-ring (bicyclic) bond motifs is 1. The third-order valence-electron chi connectivity index (χ3n) is 3.29. The summed E-state index contributed by atoms with van der Waals surface area (Å²) in [6.07, 6.45) is 0. The van der Waals surface area contributed by atoms with Gasteiger partial charge in [-0.2, -0.15) is 0 Å². The molecule has 1 atom stereocenters. The molecule has 0 saturated carbocycles. The van der Waals surface area contributed by atoms with Crippen LogP contribution in [0, 0.1) is 5.82 Å². The molecule has 120 valence electrons. The average Bonchev–Trinajstić information content (AvgIpc) is 2.95. The van der Waals surface area contributed by atoms with Crippen LogP contribution in [0.4, 0.5) is 4.39 Å². The van der Waals surface area contributed by atoms with Crippen molar-refractivity contribution in [3.05, 3.63) is 47.8 Å². The first-order valence-corrected chi connectivity index (χ1v) is 7.67. The fourth-order valence-corrected chi connectivity index (χ4v) is 2.45. The lowest BCUT2D eigenvalue weighted by atomic mass is 10.2. The summed E-state index contributed by atoms with van der Waals surface area (Å²) < 4.78 is 43.5. The standard InChI is InChI=1S/C14H13FN4O3S/c1-22-14-7-12-13(6-11(14)15)19(18-17-12)10-4-2-9(3-5-10)8-16-23(20)21/h2-7,16H,8H2,1H3,(H,20,21)/p-1. The molecule has 0 bridgehead atoms. The molecule has 0 fully saturated rings.